The summed E-state index contributed by atoms with van der Waals surface area (Å²) in [5, 5.41) is 38.2. The molecule has 8 aromatic carbocycles. The van der Waals surface area contributed by atoms with Gasteiger partial charge in [-0.05, 0) is 209 Å². The summed E-state index contributed by atoms with van der Waals surface area (Å²) in [7, 11) is 13.1. The first kappa shape index (κ1) is 105. The van der Waals surface area contributed by atoms with Gasteiger partial charge in [0.25, 0.3) is 0 Å². The van der Waals surface area contributed by atoms with Crippen molar-refractivity contribution in [2.45, 2.75) is 71.5 Å². The number of pyridine rings is 3. The van der Waals surface area contributed by atoms with Crippen LogP contribution in [-0.2, 0) is 49.8 Å². The molecule has 724 valence electrons. The number of likely N-dealkylation sites (tertiary alicyclic amines) is 1. The van der Waals surface area contributed by atoms with Gasteiger partial charge in [0.1, 0.15) is 95.3 Å². The summed E-state index contributed by atoms with van der Waals surface area (Å²) in [4.78, 5) is 89.2. The van der Waals surface area contributed by atoms with Crippen LogP contribution >= 0.6 is 46.4 Å². The lowest BCUT2D eigenvalue weighted by molar-refractivity contribution is -0.114. The number of anilines is 9. The lowest BCUT2D eigenvalue weighted by Crippen LogP contribution is -2.29. The summed E-state index contributed by atoms with van der Waals surface area (Å²) in [6.07, 6.45) is 26.0. The van der Waals surface area contributed by atoms with Gasteiger partial charge in [-0.2, -0.15) is 10.5 Å². The molecule has 5 aromatic heterocycles. The van der Waals surface area contributed by atoms with Crippen molar-refractivity contribution in [3.8, 4) is 40.9 Å². The van der Waals surface area contributed by atoms with E-state index in [2.05, 4.69) is 78.5 Å². The number of allylic oxidation sites excluding steroid dienone is 3. The second-order valence-electron chi connectivity index (χ2n) is 33.0. The Morgan fingerprint density at radius 1 is 0.493 bits per heavy atom. The topological polar surface area (TPSA) is 335 Å². The lowest BCUT2D eigenvalue weighted by Gasteiger charge is -2.24. The molecular weight excluding hydrogens is 1870 g/mol. The first-order chi connectivity index (χ1) is 67.6. The van der Waals surface area contributed by atoms with Crippen molar-refractivity contribution in [1.29, 1.82) is 10.5 Å². The molecule has 1 atom stereocenters. The molecule has 15 rings (SSSR count). The third-order valence-electron chi connectivity index (χ3n) is 21.5. The second kappa shape index (κ2) is 52.0. The van der Waals surface area contributed by atoms with Crippen LogP contribution in [0.15, 0.2) is 219 Å². The highest BCUT2D eigenvalue weighted by Gasteiger charge is 2.25. The largest absolute Gasteiger partial charge is 0.494 e. The molecule has 2 fully saturated rings. The van der Waals surface area contributed by atoms with Crippen LogP contribution in [0.5, 0.6) is 28.7 Å². The van der Waals surface area contributed by atoms with Crippen molar-refractivity contribution >= 4 is 165 Å². The highest BCUT2D eigenvalue weighted by molar-refractivity contribution is 6.33. The number of ether oxygens (including phenoxy) is 6. The van der Waals surface area contributed by atoms with Gasteiger partial charge in [-0.1, -0.05) is 83.2 Å². The number of nitrogens with zero attached hydrogens (tertiary/aromatic N) is 13. The van der Waals surface area contributed by atoms with Crippen molar-refractivity contribution in [3.63, 3.8) is 0 Å². The van der Waals surface area contributed by atoms with Crippen molar-refractivity contribution in [2.24, 2.45) is 0 Å². The van der Waals surface area contributed by atoms with Gasteiger partial charge in [-0.3, -0.25) is 39.0 Å². The average molecular weight is 1980 g/mol. The Morgan fingerprint density at radius 3 is 1.39 bits per heavy atom. The van der Waals surface area contributed by atoms with Crippen LogP contribution in [0.1, 0.15) is 73.0 Å². The molecule has 5 N–H and O–H groups in total. The van der Waals surface area contributed by atoms with E-state index in [0.717, 1.165) is 37.3 Å². The molecular formula is C105H105Cl4F3N18O10. The number of halogens is 7. The molecule has 140 heavy (non-hydrogen) atoms. The third-order valence-corrected chi connectivity index (χ3v) is 22.7. The van der Waals surface area contributed by atoms with Crippen molar-refractivity contribution in [2.75, 3.05) is 142 Å². The average Bonchev–Trinajstić information content (AvgIpc) is 0.806. The minimum Gasteiger partial charge on any atom is -0.494 e. The summed E-state index contributed by atoms with van der Waals surface area (Å²) >= 11 is 24.3. The van der Waals surface area contributed by atoms with E-state index in [0.29, 0.717) is 197 Å². The summed E-state index contributed by atoms with van der Waals surface area (Å²) in [6, 6.07) is 42.6. The maximum Gasteiger partial charge on any atom is 0.248 e. The van der Waals surface area contributed by atoms with Gasteiger partial charge in [-0.15, -0.1) is 0 Å². The molecule has 2 aliphatic rings. The fraction of sp³-hybridized carbons (Fsp3) is 0.267. The minimum atomic E-state index is -0.535. The Balaban J connectivity index is 0.000000168. The van der Waals surface area contributed by atoms with E-state index in [1.807, 2.05) is 138 Å². The smallest absolute Gasteiger partial charge is 0.248 e. The van der Waals surface area contributed by atoms with Gasteiger partial charge in [0.15, 0.2) is 17.3 Å². The number of ketones is 3. The van der Waals surface area contributed by atoms with E-state index < -0.39 is 17.5 Å². The van der Waals surface area contributed by atoms with Crippen LogP contribution in [0.2, 0.25) is 20.1 Å². The van der Waals surface area contributed by atoms with Gasteiger partial charge >= 0.3 is 0 Å². The molecule has 35 heteroatoms. The molecule has 13 aromatic rings. The molecule has 0 bridgehead atoms. The summed E-state index contributed by atoms with van der Waals surface area (Å²) in [5.41, 5.74) is 9.94. The summed E-state index contributed by atoms with van der Waals surface area (Å²) in [5.74, 6) is 1.82. The number of hydrogen-bond acceptors (Lipinski definition) is 27. The molecule has 1 amide bonds. The van der Waals surface area contributed by atoms with E-state index in [4.69, 9.17) is 74.8 Å². The third kappa shape index (κ3) is 30.4. The number of likely N-dealkylation sites (N-methyl/N-ethyl adjacent to an activating group) is 3. The van der Waals surface area contributed by atoms with Crippen molar-refractivity contribution < 1.29 is 60.8 Å². The van der Waals surface area contributed by atoms with E-state index in [9.17, 15) is 42.9 Å². The van der Waals surface area contributed by atoms with Gasteiger partial charge in [-0.25, -0.2) is 33.1 Å². The fourth-order valence-corrected chi connectivity index (χ4v) is 15.5. The molecule has 0 spiro atoms. The Kier molecular flexibility index (Phi) is 38.9. The predicted octanol–water partition coefficient (Wildman–Crippen LogP) is 21.1. The highest BCUT2D eigenvalue weighted by atomic mass is 35.5. The van der Waals surface area contributed by atoms with Crippen LogP contribution in [0.4, 0.5) is 64.6 Å². The van der Waals surface area contributed by atoms with Crippen LogP contribution in [0, 0.1) is 40.1 Å². The molecule has 2 aliphatic heterocycles. The number of aromatic nitrogens is 7. The molecule has 0 aliphatic carbocycles. The van der Waals surface area contributed by atoms with Crippen LogP contribution < -0.4 is 50.3 Å². The number of nitriles is 2. The van der Waals surface area contributed by atoms with Crippen molar-refractivity contribution in [1.82, 2.24) is 54.5 Å². The first-order valence-corrected chi connectivity index (χ1v) is 46.4. The van der Waals surface area contributed by atoms with Gasteiger partial charge < -0.3 is 69.7 Å². The van der Waals surface area contributed by atoms with Gasteiger partial charge in [0.05, 0.1) is 110 Å². The molecule has 7 heterocycles. The fourth-order valence-electron chi connectivity index (χ4n) is 14.7. The zero-order valence-corrected chi connectivity index (χ0v) is 81.7. The zero-order chi connectivity index (χ0) is 99.7. The van der Waals surface area contributed by atoms with Crippen LogP contribution in [0.3, 0.4) is 0 Å². The quantitative estimate of drug-likeness (QED) is 0.0226. The molecule has 0 saturated carbocycles. The maximum atomic E-state index is 13.6. The number of hydrogen-bond donors (Lipinski definition) is 5. The zero-order valence-electron chi connectivity index (χ0n) is 78.6. The number of benzene rings is 8. The highest BCUT2D eigenvalue weighted by Crippen LogP contribution is 2.41. The molecule has 0 radical (unpaired) electrons. The lowest BCUT2D eigenvalue weighted by atomic mass is 10.0. The monoisotopic (exact) mass is 1970 g/mol. The summed E-state index contributed by atoms with van der Waals surface area (Å²) < 4.78 is 75.2. The molecule has 1 unspecified atom stereocenters. The van der Waals surface area contributed by atoms with Crippen LogP contribution in [0.25, 0.3) is 43.6 Å². The second-order valence-corrected chi connectivity index (χ2v) is 34.7. The SMILES string of the molecule is CCOc1cc2ncc(C#N)c(Nc3ccc(F)c(Cl)c3)c2cc1CC(=O)/C=C/CN(C)C.CCOc1cc2ncc(C#N)c(Nc3ccc(OCc4ccccn4)c(Cl)c3)c2cc1CC(=O)/C=C/CN(C)C.CN(C)C/C=C/C(=O)Cc1cc2c(Nc3ccc(F)c(Cl)c3)ncnc2cc1OC1CCOC1.COc1cc2ncnc(Nc3ccc(F)c(Cl)c3)c2cc1NC(=O)/C=C/CN1CCCCC1. The summed E-state index contributed by atoms with van der Waals surface area (Å²) in [6.45, 7) is 11.0. The first-order valence-electron chi connectivity index (χ1n) is 44.9. The predicted molar refractivity (Wildman–Crippen MR) is 545 cm³/mol. The van der Waals surface area contributed by atoms with E-state index in [-0.39, 0.29) is 70.3 Å². The Bertz CT molecular complexity index is 6810. The van der Waals surface area contributed by atoms with E-state index in [1.165, 1.54) is 93.9 Å². The Hall–Kier alpha value is -14.2. The van der Waals surface area contributed by atoms with Gasteiger partial charge in [0.2, 0.25) is 5.91 Å². The van der Waals surface area contributed by atoms with Gasteiger partial charge in [0, 0.05) is 162 Å². The standard InChI is InChI=1S/C31H30ClN5O3.C25H26ClFN4O3.C25H24ClFN4O2.C24H25ClFN5O2/c1-4-39-30-17-28-26(15-21(30)14-25(38)9-7-13-37(2)3)31(22(18-33)19-35-28)36-23-10-11-29(27(32)16-23)40-20-24-8-5-6-12-34-24;1-31(2)8-3-4-18(32)10-16-11-20-23(13-24(16)34-19-7-9-33-14-19)28-15-29-25(20)30-17-5-6-22(27)21(26)12-17;1-4-33-24-13-23-20(11-16(24)10-19(32)6-5-9-31(2)3)25(17(14-28)15-29-23)30-18-7-8-22(27)21(26)12-18;1-33-22-14-20-17(24(28-15-27-20)29-16-7-8-19(26)18(25)12-16)13-21(22)30-23(32)6-5-11-31-9-3-2-4-10-31/h5-12,15-17,19H,4,13-14,20H2,1-3H3,(H,35,36);3-6,11-13,15,19H,7-10,14H2,1-2H3,(H,28,29,30);5-8,11-13,15H,4,9-10H2,1-3H3,(H,29,30);5-8,12-15H,2-4,9-11H2,1H3,(H,30,32)(H,27,28,29)/b9-7+;4-3+;2*6-5+. The number of fused-ring (bicyclic) bond motifs is 4. The molecule has 28 nitrogen and oxygen atoms in total. The molecule has 2 saturated heterocycles. The number of amides is 1. The number of carbonyl (C=O) groups is 4. The normalized spacial score (nSPS) is 13.1. The maximum absolute atomic E-state index is 13.6. The number of nitrogens with one attached hydrogen (secondary N) is 5. The number of carbonyl (C=O) groups excluding carboxylic acids is 4. The minimum absolute atomic E-state index is 0.00400. The number of rotatable bonds is 37. The number of methoxy groups -OCH3 is 1. The number of piperidine rings is 1. The van der Waals surface area contributed by atoms with Crippen LogP contribution in [-0.4, -0.2) is 199 Å². The van der Waals surface area contributed by atoms with E-state index >= 15 is 0 Å². The Labute approximate surface area is 829 Å². The Morgan fingerprint density at radius 2 is 0.943 bits per heavy atom. The van der Waals surface area contributed by atoms with Crippen molar-refractivity contribution in [3.05, 3.63) is 290 Å². The van der Waals surface area contributed by atoms with E-state index in [1.54, 1.807) is 85.1 Å².